The first kappa shape index (κ1) is 12.3. The highest BCUT2D eigenvalue weighted by molar-refractivity contribution is 5.73. The Labute approximate surface area is 112 Å². The van der Waals surface area contributed by atoms with Gasteiger partial charge in [0.05, 0.1) is 5.69 Å². The van der Waals surface area contributed by atoms with Crippen LogP contribution in [-0.2, 0) is 17.8 Å². The lowest BCUT2D eigenvalue weighted by atomic mass is 10.1. The molecule has 1 saturated heterocycles. The average molecular weight is 261 g/mol. The first-order valence-electron chi connectivity index (χ1n) is 6.79. The van der Waals surface area contributed by atoms with Crippen LogP contribution in [0.15, 0.2) is 6.33 Å². The summed E-state index contributed by atoms with van der Waals surface area (Å²) in [5.74, 6) is 1.07. The van der Waals surface area contributed by atoms with Crippen molar-refractivity contribution in [2.45, 2.75) is 32.4 Å². The molecule has 0 radical (unpaired) electrons. The number of carbonyl (C=O) groups excluding carboxylic acids is 1. The molecule has 2 N–H and O–H groups in total. The third-order valence-corrected chi connectivity index (χ3v) is 3.75. The van der Waals surface area contributed by atoms with Crippen molar-refractivity contribution in [1.82, 2.24) is 20.6 Å². The predicted molar refractivity (Wildman–Crippen MR) is 71.9 cm³/mol. The molecule has 0 saturated carbocycles. The van der Waals surface area contributed by atoms with Crippen molar-refractivity contribution in [3.05, 3.63) is 17.6 Å². The van der Waals surface area contributed by atoms with Gasteiger partial charge in [-0.3, -0.25) is 4.79 Å². The molecule has 3 rings (SSSR count). The monoisotopic (exact) mass is 261 g/mol. The normalized spacial score (nSPS) is 22.2. The summed E-state index contributed by atoms with van der Waals surface area (Å²) < 4.78 is 0. The van der Waals surface area contributed by atoms with Crippen LogP contribution in [0.5, 0.6) is 0 Å². The number of nitrogens with one attached hydrogen (secondary N) is 2. The molecule has 6 heteroatoms. The van der Waals surface area contributed by atoms with Crippen molar-refractivity contribution in [1.29, 1.82) is 0 Å². The molecule has 6 nitrogen and oxygen atoms in total. The van der Waals surface area contributed by atoms with E-state index in [0.717, 1.165) is 50.5 Å². The summed E-state index contributed by atoms with van der Waals surface area (Å²) in [5.41, 5.74) is 2.38. The van der Waals surface area contributed by atoms with Gasteiger partial charge in [0, 0.05) is 51.1 Å². The topological polar surface area (TPSA) is 70.2 Å². The van der Waals surface area contributed by atoms with Crippen LogP contribution >= 0.6 is 0 Å². The smallest absolute Gasteiger partial charge is 0.217 e. The fraction of sp³-hybridized carbons (Fsp3) is 0.615. The molecule has 0 spiro atoms. The van der Waals surface area contributed by atoms with Crippen molar-refractivity contribution < 1.29 is 4.79 Å². The van der Waals surface area contributed by atoms with E-state index in [1.165, 1.54) is 5.56 Å². The molecule has 1 aromatic rings. The molecule has 102 valence electrons. The van der Waals surface area contributed by atoms with Gasteiger partial charge in [0.1, 0.15) is 12.1 Å². The van der Waals surface area contributed by atoms with Gasteiger partial charge in [0.15, 0.2) is 0 Å². The molecule has 0 bridgehead atoms. The zero-order valence-electron chi connectivity index (χ0n) is 11.1. The summed E-state index contributed by atoms with van der Waals surface area (Å²) in [6.45, 7) is 5.17. The Balaban J connectivity index is 1.78. The first-order chi connectivity index (χ1) is 9.24. The van der Waals surface area contributed by atoms with E-state index in [-0.39, 0.29) is 11.9 Å². The van der Waals surface area contributed by atoms with Crippen molar-refractivity contribution in [2.24, 2.45) is 0 Å². The first-order valence-corrected chi connectivity index (χ1v) is 6.79. The Morgan fingerprint density at radius 3 is 3.26 bits per heavy atom. The van der Waals surface area contributed by atoms with E-state index in [4.69, 9.17) is 0 Å². The number of amides is 1. The number of hydrogen-bond acceptors (Lipinski definition) is 5. The zero-order chi connectivity index (χ0) is 13.2. The third-order valence-electron chi connectivity index (χ3n) is 3.75. The molecule has 0 aliphatic carbocycles. The van der Waals surface area contributed by atoms with E-state index in [0.29, 0.717) is 0 Å². The molecule has 1 unspecified atom stereocenters. The molecule has 19 heavy (non-hydrogen) atoms. The second kappa shape index (κ2) is 5.13. The Kier molecular flexibility index (Phi) is 3.33. The summed E-state index contributed by atoms with van der Waals surface area (Å²) >= 11 is 0. The van der Waals surface area contributed by atoms with E-state index in [2.05, 4.69) is 25.5 Å². The third kappa shape index (κ3) is 2.53. The van der Waals surface area contributed by atoms with Crippen LogP contribution in [0.3, 0.4) is 0 Å². The number of carbonyl (C=O) groups is 1. The second-order valence-electron chi connectivity index (χ2n) is 5.18. The SMILES string of the molecule is CC(=O)NC1CCN(c2ncnc3c2CNCC3)C1. The maximum absolute atomic E-state index is 11.1. The van der Waals surface area contributed by atoms with Crippen molar-refractivity contribution >= 4 is 11.7 Å². The molecular weight excluding hydrogens is 242 g/mol. The molecule has 3 heterocycles. The Morgan fingerprint density at radius 1 is 1.53 bits per heavy atom. The number of nitrogens with zero attached hydrogens (tertiary/aromatic N) is 3. The van der Waals surface area contributed by atoms with Crippen molar-refractivity contribution in [3.63, 3.8) is 0 Å². The standard InChI is InChI=1S/C13H19N5O/c1-9(19)17-10-3-5-18(7-10)13-11-6-14-4-2-12(11)15-8-16-13/h8,10,14H,2-7H2,1H3,(H,17,19). The molecule has 2 aliphatic heterocycles. The minimum atomic E-state index is 0.0400. The quantitative estimate of drug-likeness (QED) is 0.774. The summed E-state index contributed by atoms with van der Waals surface area (Å²) in [5, 5.41) is 6.35. The summed E-state index contributed by atoms with van der Waals surface area (Å²) in [4.78, 5) is 22.2. The Hall–Kier alpha value is -1.69. The highest BCUT2D eigenvalue weighted by Crippen LogP contribution is 2.25. The van der Waals surface area contributed by atoms with Gasteiger partial charge in [-0.1, -0.05) is 0 Å². The van der Waals surface area contributed by atoms with Gasteiger partial charge in [0.2, 0.25) is 5.91 Å². The maximum atomic E-state index is 11.1. The lowest BCUT2D eigenvalue weighted by Crippen LogP contribution is -2.36. The van der Waals surface area contributed by atoms with Crippen LogP contribution in [-0.4, -0.2) is 41.6 Å². The zero-order valence-corrected chi connectivity index (χ0v) is 11.1. The van der Waals surface area contributed by atoms with Gasteiger partial charge in [-0.2, -0.15) is 0 Å². The van der Waals surface area contributed by atoms with E-state index < -0.39 is 0 Å². The number of rotatable bonds is 2. The van der Waals surface area contributed by atoms with E-state index in [9.17, 15) is 4.79 Å². The molecule has 2 aliphatic rings. The van der Waals surface area contributed by atoms with Crippen LogP contribution in [0.4, 0.5) is 5.82 Å². The van der Waals surface area contributed by atoms with E-state index in [1.807, 2.05) is 0 Å². The van der Waals surface area contributed by atoms with Gasteiger partial charge in [-0.15, -0.1) is 0 Å². The van der Waals surface area contributed by atoms with Gasteiger partial charge < -0.3 is 15.5 Å². The van der Waals surface area contributed by atoms with E-state index in [1.54, 1.807) is 13.3 Å². The molecule has 1 fully saturated rings. The lowest BCUT2D eigenvalue weighted by Gasteiger charge is -2.24. The Morgan fingerprint density at radius 2 is 2.42 bits per heavy atom. The lowest BCUT2D eigenvalue weighted by molar-refractivity contribution is -0.119. The molecule has 1 aromatic heterocycles. The number of anilines is 1. The highest BCUT2D eigenvalue weighted by atomic mass is 16.1. The minimum absolute atomic E-state index is 0.0400. The van der Waals surface area contributed by atoms with Crippen LogP contribution in [0, 0.1) is 0 Å². The van der Waals surface area contributed by atoms with Crippen LogP contribution < -0.4 is 15.5 Å². The molecular formula is C13H19N5O. The highest BCUT2D eigenvalue weighted by Gasteiger charge is 2.27. The summed E-state index contributed by atoms with van der Waals surface area (Å²) in [6.07, 6.45) is 3.60. The number of fused-ring (bicyclic) bond motifs is 1. The molecule has 0 aromatic carbocycles. The van der Waals surface area contributed by atoms with Crippen LogP contribution in [0.2, 0.25) is 0 Å². The largest absolute Gasteiger partial charge is 0.354 e. The van der Waals surface area contributed by atoms with Crippen molar-refractivity contribution in [3.8, 4) is 0 Å². The molecule has 1 atom stereocenters. The Bertz CT molecular complexity index is 490. The van der Waals surface area contributed by atoms with Gasteiger partial charge in [-0.25, -0.2) is 9.97 Å². The van der Waals surface area contributed by atoms with Crippen LogP contribution in [0.25, 0.3) is 0 Å². The number of hydrogen-bond donors (Lipinski definition) is 2. The van der Waals surface area contributed by atoms with Gasteiger partial charge in [0.25, 0.3) is 0 Å². The fourth-order valence-corrected chi connectivity index (χ4v) is 2.89. The fourth-order valence-electron chi connectivity index (χ4n) is 2.89. The summed E-state index contributed by atoms with van der Waals surface area (Å²) in [7, 11) is 0. The number of aromatic nitrogens is 2. The minimum Gasteiger partial charge on any atom is -0.354 e. The van der Waals surface area contributed by atoms with Crippen LogP contribution in [0.1, 0.15) is 24.6 Å². The summed E-state index contributed by atoms with van der Waals surface area (Å²) in [6, 6.07) is 0.236. The van der Waals surface area contributed by atoms with Crippen molar-refractivity contribution in [2.75, 3.05) is 24.5 Å². The predicted octanol–water partition coefficient (Wildman–Crippen LogP) is -0.163. The van der Waals surface area contributed by atoms with Gasteiger partial charge in [-0.05, 0) is 6.42 Å². The second-order valence-corrected chi connectivity index (χ2v) is 5.18. The molecule has 1 amide bonds. The maximum Gasteiger partial charge on any atom is 0.217 e. The average Bonchev–Trinajstić information content (AvgIpc) is 2.85. The van der Waals surface area contributed by atoms with E-state index >= 15 is 0 Å². The van der Waals surface area contributed by atoms with Gasteiger partial charge >= 0.3 is 0 Å².